The molecular formula is C31H31ClN2O5S. The summed E-state index contributed by atoms with van der Waals surface area (Å²) in [5, 5.41) is 12.0. The maximum atomic E-state index is 12.7. The summed E-state index contributed by atoms with van der Waals surface area (Å²) in [5.41, 5.74) is 4.78. The van der Waals surface area contributed by atoms with Gasteiger partial charge in [-0.05, 0) is 93.4 Å². The summed E-state index contributed by atoms with van der Waals surface area (Å²) >= 11 is 7.20. The first kappa shape index (κ1) is 29.2. The van der Waals surface area contributed by atoms with Gasteiger partial charge in [0.15, 0.2) is 0 Å². The van der Waals surface area contributed by atoms with Crippen LogP contribution in [0.2, 0.25) is 5.02 Å². The zero-order valence-corrected chi connectivity index (χ0v) is 24.4. The molecule has 0 spiro atoms. The molecule has 40 heavy (non-hydrogen) atoms. The summed E-state index contributed by atoms with van der Waals surface area (Å²) in [6, 6.07) is 16.2. The van der Waals surface area contributed by atoms with E-state index in [-0.39, 0.29) is 23.9 Å². The molecule has 0 unspecified atom stereocenters. The van der Waals surface area contributed by atoms with E-state index in [1.54, 1.807) is 43.3 Å². The number of hydrogen-bond donors (Lipinski definition) is 1. The summed E-state index contributed by atoms with van der Waals surface area (Å²) in [4.78, 5) is 30.1. The number of benzene rings is 2. The molecule has 0 saturated heterocycles. The van der Waals surface area contributed by atoms with E-state index < -0.39 is 5.97 Å². The Kier molecular flexibility index (Phi) is 9.55. The monoisotopic (exact) mass is 578 g/mol. The third-order valence-corrected chi connectivity index (χ3v) is 7.55. The number of aromatic nitrogens is 1. The number of aliphatic hydroxyl groups excluding tert-OH is 1. The van der Waals surface area contributed by atoms with Crippen molar-refractivity contribution < 1.29 is 24.2 Å². The van der Waals surface area contributed by atoms with Gasteiger partial charge >= 0.3 is 11.9 Å². The second-order valence-electron chi connectivity index (χ2n) is 9.15. The van der Waals surface area contributed by atoms with E-state index in [0.717, 1.165) is 35.5 Å². The van der Waals surface area contributed by atoms with Crippen LogP contribution in [0.25, 0.3) is 11.8 Å². The van der Waals surface area contributed by atoms with Crippen LogP contribution in [0.15, 0.2) is 75.8 Å². The Morgan fingerprint density at radius 3 is 2.38 bits per heavy atom. The lowest BCUT2D eigenvalue weighted by atomic mass is 10.1. The topological polar surface area (TPSA) is 90.1 Å². The smallest absolute Gasteiger partial charge is 0.344 e. The van der Waals surface area contributed by atoms with Crippen molar-refractivity contribution in [2.75, 3.05) is 13.2 Å². The van der Waals surface area contributed by atoms with Crippen molar-refractivity contribution in [3.8, 4) is 5.69 Å². The van der Waals surface area contributed by atoms with E-state index in [4.69, 9.17) is 21.1 Å². The average molecular weight is 579 g/mol. The van der Waals surface area contributed by atoms with Crippen molar-refractivity contribution in [1.82, 2.24) is 4.57 Å². The number of rotatable bonds is 9. The highest BCUT2D eigenvalue weighted by molar-refractivity contribution is 8.18. The largest absolute Gasteiger partial charge is 0.506 e. The van der Waals surface area contributed by atoms with Crippen molar-refractivity contribution in [3.63, 3.8) is 0 Å². The van der Waals surface area contributed by atoms with E-state index in [1.165, 1.54) is 11.8 Å². The molecule has 2 heterocycles. The van der Waals surface area contributed by atoms with Gasteiger partial charge in [0, 0.05) is 22.1 Å². The van der Waals surface area contributed by atoms with Crippen LogP contribution in [0.3, 0.4) is 0 Å². The van der Waals surface area contributed by atoms with Gasteiger partial charge in [-0.15, -0.1) is 0 Å². The Labute approximate surface area is 243 Å². The molecule has 7 nitrogen and oxygen atoms in total. The van der Waals surface area contributed by atoms with Gasteiger partial charge in [0.25, 0.3) is 0 Å². The maximum absolute atomic E-state index is 12.7. The highest BCUT2D eigenvalue weighted by Gasteiger charge is 2.33. The number of thioether (sulfide) groups is 1. The lowest BCUT2D eigenvalue weighted by molar-refractivity contribution is -0.138. The SMILES string of the molecule is CCCCOC(=O)c1ccc(-n2c(C)cc(/C=C3\SC(=Nc4ccc(Cl)cc4)C(C(=O)OCC)=C3O)c2C)cc1. The number of unbranched alkanes of at least 4 members (excludes halogenated alkanes) is 1. The van der Waals surface area contributed by atoms with Gasteiger partial charge in [0.05, 0.1) is 29.4 Å². The Morgan fingerprint density at radius 1 is 1.02 bits per heavy atom. The molecule has 1 aliphatic rings. The number of carbonyl (C=O) groups is 2. The van der Waals surface area contributed by atoms with Crippen LogP contribution < -0.4 is 0 Å². The fraction of sp³-hybridized carbons (Fsp3) is 0.258. The van der Waals surface area contributed by atoms with Crippen LogP contribution >= 0.6 is 23.4 Å². The van der Waals surface area contributed by atoms with Crippen LogP contribution in [-0.4, -0.2) is 39.9 Å². The molecular weight excluding hydrogens is 548 g/mol. The number of aliphatic hydroxyl groups is 1. The van der Waals surface area contributed by atoms with Gasteiger partial charge in [-0.2, -0.15) is 0 Å². The molecule has 0 amide bonds. The molecule has 0 fully saturated rings. The van der Waals surface area contributed by atoms with Crippen molar-refractivity contribution in [2.24, 2.45) is 4.99 Å². The van der Waals surface area contributed by atoms with E-state index in [0.29, 0.717) is 32.8 Å². The van der Waals surface area contributed by atoms with Crippen molar-refractivity contribution in [1.29, 1.82) is 0 Å². The van der Waals surface area contributed by atoms with Gasteiger partial charge in [-0.25, -0.2) is 14.6 Å². The number of hydrogen-bond acceptors (Lipinski definition) is 7. The van der Waals surface area contributed by atoms with Gasteiger partial charge in [0.1, 0.15) is 16.4 Å². The normalized spacial score (nSPS) is 15.2. The second-order valence-corrected chi connectivity index (χ2v) is 10.6. The van der Waals surface area contributed by atoms with Crippen LogP contribution in [0.1, 0.15) is 54.0 Å². The van der Waals surface area contributed by atoms with Crippen LogP contribution in [0, 0.1) is 13.8 Å². The van der Waals surface area contributed by atoms with Crippen LogP contribution in [0.5, 0.6) is 0 Å². The molecule has 1 aliphatic heterocycles. The fourth-order valence-electron chi connectivity index (χ4n) is 4.24. The summed E-state index contributed by atoms with van der Waals surface area (Å²) < 4.78 is 12.6. The highest BCUT2D eigenvalue weighted by atomic mass is 35.5. The molecule has 1 aromatic heterocycles. The molecule has 3 aromatic rings. The van der Waals surface area contributed by atoms with Gasteiger partial charge in [-0.3, -0.25) is 0 Å². The minimum atomic E-state index is -0.637. The first-order chi connectivity index (χ1) is 19.2. The van der Waals surface area contributed by atoms with Crippen molar-refractivity contribution in [3.05, 3.63) is 98.4 Å². The summed E-state index contributed by atoms with van der Waals surface area (Å²) in [6.07, 6.45) is 3.63. The lowest BCUT2D eigenvalue weighted by Crippen LogP contribution is -2.12. The molecule has 0 bridgehead atoms. The average Bonchev–Trinajstić information content (AvgIpc) is 3.39. The molecule has 0 radical (unpaired) electrons. The molecule has 2 aromatic carbocycles. The first-order valence-electron chi connectivity index (χ1n) is 13.0. The lowest BCUT2D eigenvalue weighted by Gasteiger charge is -2.11. The zero-order valence-electron chi connectivity index (χ0n) is 22.9. The number of ether oxygens (including phenoxy) is 2. The Balaban J connectivity index is 1.65. The first-order valence-corrected chi connectivity index (χ1v) is 14.2. The highest BCUT2D eigenvalue weighted by Crippen LogP contribution is 2.41. The van der Waals surface area contributed by atoms with Gasteiger partial charge in [0.2, 0.25) is 0 Å². The van der Waals surface area contributed by atoms with Crippen LogP contribution in [-0.2, 0) is 14.3 Å². The predicted molar refractivity (Wildman–Crippen MR) is 161 cm³/mol. The Morgan fingerprint density at radius 2 is 1.73 bits per heavy atom. The van der Waals surface area contributed by atoms with Crippen molar-refractivity contribution in [2.45, 2.75) is 40.5 Å². The maximum Gasteiger partial charge on any atom is 0.344 e. The molecule has 0 atom stereocenters. The number of aliphatic imine (C=N–C) groups is 1. The summed E-state index contributed by atoms with van der Waals surface area (Å²) in [6.45, 7) is 8.29. The number of nitrogens with zero attached hydrogens (tertiary/aromatic N) is 2. The fourth-order valence-corrected chi connectivity index (χ4v) is 5.39. The van der Waals surface area contributed by atoms with Crippen molar-refractivity contribution >= 4 is 52.1 Å². The van der Waals surface area contributed by atoms with E-state index in [9.17, 15) is 14.7 Å². The quantitative estimate of drug-likeness (QED) is 0.205. The summed E-state index contributed by atoms with van der Waals surface area (Å²) in [5.74, 6) is -1.14. The molecule has 9 heteroatoms. The number of esters is 2. The third kappa shape index (κ3) is 6.51. The zero-order chi connectivity index (χ0) is 28.8. The predicted octanol–water partition coefficient (Wildman–Crippen LogP) is 7.90. The van der Waals surface area contributed by atoms with E-state index in [2.05, 4.69) is 9.56 Å². The summed E-state index contributed by atoms with van der Waals surface area (Å²) in [7, 11) is 0. The number of aryl methyl sites for hydroxylation is 1. The second kappa shape index (κ2) is 13.1. The molecule has 0 saturated carbocycles. The van der Waals surface area contributed by atoms with Gasteiger partial charge < -0.3 is 19.1 Å². The Bertz CT molecular complexity index is 1500. The van der Waals surface area contributed by atoms with E-state index in [1.807, 2.05) is 45.0 Å². The standard InChI is InChI=1S/C31H31ClN2O5S/c1-5-7-16-39-30(36)21-8-14-25(15-9-21)34-19(3)17-22(20(34)4)18-26-28(35)27(31(37)38-6-2)29(40-26)33-24-12-10-23(32)11-13-24/h8-15,17-18,35H,5-7,16H2,1-4H3/b26-18-,33-29?. The Hall–Kier alpha value is -3.75. The van der Waals surface area contributed by atoms with E-state index >= 15 is 0 Å². The molecule has 1 N–H and O–H groups in total. The molecule has 208 valence electrons. The number of carbonyl (C=O) groups excluding carboxylic acids is 2. The molecule has 4 rings (SSSR count). The minimum absolute atomic E-state index is 0.0308. The van der Waals surface area contributed by atoms with Crippen LogP contribution in [0.4, 0.5) is 5.69 Å². The third-order valence-electron chi connectivity index (χ3n) is 6.28. The molecule has 0 aliphatic carbocycles. The number of halogens is 1. The van der Waals surface area contributed by atoms with Gasteiger partial charge in [-0.1, -0.05) is 36.7 Å². The minimum Gasteiger partial charge on any atom is -0.506 e.